The minimum absolute atomic E-state index is 0.214. The Morgan fingerprint density at radius 1 is 1.26 bits per heavy atom. The summed E-state index contributed by atoms with van der Waals surface area (Å²) in [6, 6.07) is 5.74. The highest BCUT2D eigenvalue weighted by molar-refractivity contribution is 6.31. The smallest absolute Gasteiger partial charge is 0.228 e. The Balaban J connectivity index is 1.47. The van der Waals surface area contributed by atoms with Crippen molar-refractivity contribution >= 4 is 23.2 Å². The molecule has 3 fully saturated rings. The zero-order valence-electron chi connectivity index (χ0n) is 11.0. The van der Waals surface area contributed by atoms with Crippen molar-refractivity contribution in [3.8, 4) is 0 Å². The Morgan fingerprint density at radius 3 is 2.58 bits per heavy atom. The molecule has 1 N–H and O–H groups in total. The van der Waals surface area contributed by atoms with Crippen LogP contribution in [-0.2, 0) is 4.79 Å². The lowest BCUT2D eigenvalue weighted by molar-refractivity contribution is -0.118. The number of carbonyl (C=O) groups excluding carboxylic acids is 1. The van der Waals surface area contributed by atoms with Gasteiger partial charge in [-0.25, -0.2) is 0 Å². The van der Waals surface area contributed by atoms with Crippen LogP contribution in [-0.4, -0.2) is 5.91 Å². The molecule has 3 aliphatic rings. The van der Waals surface area contributed by atoms with Crippen LogP contribution in [0.25, 0.3) is 0 Å². The molecule has 2 nitrogen and oxygen atoms in total. The average Bonchev–Trinajstić information content (AvgIpc) is 2.83. The molecule has 1 amide bonds. The summed E-state index contributed by atoms with van der Waals surface area (Å²) in [5.74, 6) is 3.57. The van der Waals surface area contributed by atoms with E-state index in [1.54, 1.807) is 0 Å². The zero-order valence-corrected chi connectivity index (χ0v) is 11.8. The van der Waals surface area contributed by atoms with Gasteiger partial charge in [-0.2, -0.15) is 0 Å². The van der Waals surface area contributed by atoms with Crippen LogP contribution in [0, 0.1) is 36.5 Å². The topological polar surface area (TPSA) is 29.1 Å². The van der Waals surface area contributed by atoms with Crippen molar-refractivity contribution in [2.24, 2.45) is 29.6 Å². The highest BCUT2D eigenvalue weighted by atomic mass is 35.5. The Labute approximate surface area is 118 Å². The van der Waals surface area contributed by atoms with E-state index in [1.807, 2.05) is 25.1 Å². The molecule has 3 saturated carbocycles. The lowest BCUT2D eigenvalue weighted by Crippen LogP contribution is -2.18. The largest absolute Gasteiger partial charge is 0.326 e. The Morgan fingerprint density at radius 2 is 1.95 bits per heavy atom. The SMILES string of the molecule is Cc1ccc(NC(=O)C2[C@@H]3[C@@H]4CC[C@H](C4)[C@H]23)cc1Cl. The molecule has 5 atom stereocenters. The van der Waals surface area contributed by atoms with Gasteiger partial charge in [-0.15, -0.1) is 0 Å². The molecule has 0 radical (unpaired) electrons. The van der Waals surface area contributed by atoms with Gasteiger partial charge >= 0.3 is 0 Å². The van der Waals surface area contributed by atoms with E-state index in [4.69, 9.17) is 11.6 Å². The maximum Gasteiger partial charge on any atom is 0.228 e. The molecule has 4 rings (SSSR count). The molecule has 0 heterocycles. The van der Waals surface area contributed by atoms with Crippen LogP contribution in [0.3, 0.4) is 0 Å². The molecule has 1 aromatic carbocycles. The van der Waals surface area contributed by atoms with Crippen LogP contribution in [0.1, 0.15) is 24.8 Å². The van der Waals surface area contributed by atoms with Gasteiger partial charge in [0, 0.05) is 16.6 Å². The lowest BCUT2D eigenvalue weighted by atomic mass is 10.0. The Kier molecular flexibility index (Phi) is 2.47. The zero-order chi connectivity index (χ0) is 13.1. The minimum Gasteiger partial charge on any atom is -0.326 e. The van der Waals surface area contributed by atoms with Crippen LogP contribution in [0.2, 0.25) is 5.02 Å². The first-order valence-corrected chi connectivity index (χ1v) is 7.60. The molecule has 100 valence electrons. The molecular weight excluding hydrogens is 258 g/mol. The second-order valence-electron chi connectivity index (χ2n) is 6.47. The molecule has 19 heavy (non-hydrogen) atoms. The number of anilines is 1. The van der Waals surface area contributed by atoms with Crippen molar-refractivity contribution in [1.82, 2.24) is 0 Å². The monoisotopic (exact) mass is 275 g/mol. The third-order valence-corrected chi connectivity index (χ3v) is 5.88. The van der Waals surface area contributed by atoms with Crippen molar-refractivity contribution in [1.29, 1.82) is 0 Å². The van der Waals surface area contributed by atoms with E-state index in [2.05, 4.69) is 5.32 Å². The molecule has 2 bridgehead atoms. The van der Waals surface area contributed by atoms with E-state index in [0.29, 0.717) is 16.9 Å². The van der Waals surface area contributed by atoms with Gasteiger partial charge < -0.3 is 5.32 Å². The maximum atomic E-state index is 12.3. The molecule has 0 aliphatic heterocycles. The summed E-state index contributed by atoms with van der Waals surface area (Å²) in [4.78, 5) is 12.3. The Bertz CT molecular complexity index is 540. The predicted molar refractivity (Wildman–Crippen MR) is 76.1 cm³/mol. The fourth-order valence-electron chi connectivity index (χ4n) is 4.57. The van der Waals surface area contributed by atoms with Crippen molar-refractivity contribution in [2.45, 2.75) is 26.2 Å². The number of nitrogens with one attached hydrogen (secondary N) is 1. The standard InChI is InChI=1S/C16H18ClNO/c1-8-2-5-11(7-12(8)17)18-16(19)15-13-9-3-4-10(6-9)14(13)15/h2,5,7,9-10,13-15H,3-4,6H2,1H3,(H,18,19)/t9-,10-,13-,14+,15?/m1/s1. The summed E-state index contributed by atoms with van der Waals surface area (Å²) in [6.07, 6.45) is 4.09. The van der Waals surface area contributed by atoms with Crippen molar-refractivity contribution in [3.05, 3.63) is 28.8 Å². The molecule has 0 aromatic heterocycles. The first-order chi connectivity index (χ1) is 9.15. The number of benzene rings is 1. The van der Waals surface area contributed by atoms with Crippen molar-refractivity contribution < 1.29 is 4.79 Å². The van der Waals surface area contributed by atoms with Gasteiger partial charge in [0.15, 0.2) is 0 Å². The fourth-order valence-corrected chi connectivity index (χ4v) is 4.75. The van der Waals surface area contributed by atoms with Gasteiger partial charge in [0.2, 0.25) is 5.91 Å². The van der Waals surface area contributed by atoms with Gasteiger partial charge in [0.1, 0.15) is 0 Å². The summed E-state index contributed by atoms with van der Waals surface area (Å²) < 4.78 is 0. The summed E-state index contributed by atoms with van der Waals surface area (Å²) in [7, 11) is 0. The maximum absolute atomic E-state index is 12.3. The molecule has 3 aliphatic carbocycles. The van der Waals surface area contributed by atoms with E-state index in [9.17, 15) is 4.79 Å². The van der Waals surface area contributed by atoms with Gasteiger partial charge in [0.25, 0.3) is 0 Å². The van der Waals surface area contributed by atoms with Gasteiger partial charge in [-0.3, -0.25) is 4.79 Å². The number of amides is 1. The summed E-state index contributed by atoms with van der Waals surface area (Å²) in [5, 5.41) is 3.76. The number of rotatable bonds is 2. The first kappa shape index (κ1) is 11.8. The van der Waals surface area contributed by atoms with Gasteiger partial charge in [-0.1, -0.05) is 17.7 Å². The number of hydrogen-bond acceptors (Lipinski definition) is 1. The quantitative estimate of drug-likeness (QED) is 0.872. The van der Waals surface area contributed by atoms with Crippen LogP contribution in [0.5, 0.6) is 0 Å². The molecular formula is C16H18ClNO. The third-order valence-electron chi connectivity index (χ3n) is 5.48. The van der Waals surface area contributed by atoms with E-state index >= 15 is 0 Å². The van der Waals surface area contributed by atoms with E-state index in [1.165, 1.54) is 19.3 Å². The summed E-state index contributed by atoms with van der Waals surface area (Å²) >= 11 is 6.09. The van der Waals surface area contributed by atoms with Crippen LogP contribution in [0.4, 0.5) is 5.69 Å². The average molecular weight is 276 g/mol. The molecule has 0 saturated heterocycles. The number of carbonyl (C=O) groups is 1. The lowest BCUT2D eigenvalue weighted by Gasteiger charge is -2.10. The highest BCUT2D eigenvalue weighted by Gasteiger charge is 2.67. The molecule has 0 spiro atoms. The molecule has 1 unspecified atom stereocenters. The normalized spacial score (nSPS) is 38.1. The van der Waals surface area contributed by atoms with E-state index < -0.39 is 0 Å². The van der Waals surface area contributed by atoms with Crippen molar-refractivity contribution in [2.75, 3.05) is 5.32 Å². The van der Waals surface area contributed by atoms with Gasteiger partial charge in [-0.05, 0) is 67.6 Å². The van der Waals surface area contributed by atoms with E-state index in [-0.39, 0.29) is 11.8 Å². The number of fused-ring (bicyclic) bond motifs is 5. The van der Waals surface area contributed by atoms with Crippen LogP contribution < -0.4 is 5.32 Å². The summed E-state index contributed by atoms with van der Waals surface area (Å²) in [5.41, 5.74) is 1.87. The van der Waals surface area contributed by atoms with Gasteiger partial charge in [0.05, 0.1) is 0 Å². The number of halogens is 1. The van der Waals surface area contributed by atoms with Crippen molar-refractivity contribution in [3.63, 3.8) is 0 Å². The van der Waals surface area contributed by atoms with Crippen LogP contribution >= 0.6 is 11.6 Å². The second kappa shape index (κ2) is 3.99. The second-order valence-corrected chi connectivity index (χ2v) is 6.87. The fraction of sp³-hybridized carbons (Fsp3) is 0.562. The minimum atomic E-state index is 0.214. The summed E-state index contributed by atoms with van der Waals surface area (Å²) in [6.45, 7) is 1.97. The predicted octanol–water partition coefficient (Wildman–Crippen LogP) is 3.88. The first-order valence-electron chi connectivity index (χ1n) is 7.22. The molecule has 1 aromatic rings. The Hall–Kier alpha value is -1.02. The van der Waals surface area contributed by atoms with E-state index in [0.717, 1.165) is 23.1 Å². The number of hydrogen-bond donors (Lipinski definition) is 1. The highest BCUT2D eigenvalue weighted by Crippen LogP contribution is 2.69. The third kappa shape index (κ3) is 1.73. The number of aryl methyl sites for hydroxylation is 1. The van der Waals surface area contributed by atoms with Crippen LogP contribution in [0.15, 0.2) is 18.2 Å². The molecule has 3 heteroatoms.